The van der Waals surface area contributed by atoms with Crippen molar-refractivity contribution in [3.8, 4) is 0 Å². The normalized spacial score (nSPS) is 10.2. The van der Waals surface area contributed by atoms with E-state index in [2.05, 4.69) is 14.1 Å². The van der Waals surface area contributed by atoms with E-state index < -0.39 is 0 Å². The zero-order chi connectivity index (χ0) is 12.1. The van der Waals surface area contributed by atoms with E-state index in [1.54, 1.807) is 0 Å². The summed E-state index contributed by atoms with van der Waals surface area (Å²) in [7, 11) is 0. The number of nitrogens with one attached hydrogen (secondary N) is 1. The zero-order valence-electron chi connectivity index (χ0n) is 9.09. The van der Waals surface area contributed by atoms with Crippen LogP contribution in [-0.2, 0) is 13.1 Å². The van der Waals surface area contributed by atoms with Gasteiger partial charge in [0.2, 0.25) is 0 Å². The van der Waals surface area contributed by atoms with Crippen molar-refractivity contribution >= 4 is 17.6 Å². The third-order valence-electron chi connectivity index (χ3n) is 2.37. The van der Waals surface area contributed by atoms with Gasteiger partial charge in [0.1, 0.15) is 0 Å². The number of carbonyl (C=O) groups is 1. The molecule has 2 aromatic rings. The third kappa shape index (κ3) is 2.86. The number of rotatable bonds is 4. The van der Waals surface area contributed by atoms with Crippen molar-refractivity contribution in [3.05, 3.63) is 47.3 Å². The van der Waals surface area contributed by atoms with Crippen LogP contribution in [0.25, 0.3) is 0 Å². The summed E-state index contributed by atoms with van der Waals surface area (Å²) in [5, 5.41) is 2.79. The van der Waals surface area contributed by atoms with Gasteiger partial charge in [-0.15, -0.1) is 0 Å². The highest BCUT2D eigenvalue weighted by molar-refractivity contribution is 6.99. The van der Waals surface area contributed by atoms with Crippen molar-refractivity contribution < 1.29 is 4.79 Å². The van der Waals surface area contributed by atoms with Gasteiger partial charge in [-0.2, -0.15) is 8.75 Å². The highest BCUT2D eigenvalue weighted by atomic mass is 32.1. The lowest BCUT2D eigenvalue weighted by Gasteiger charge is -2.07. The van der Waals surface area contributed by atoms with Gasteiger partial charge in [0, 0.05) is 13.1 Å². The second kappa shape index (κ2) is 5.51. The molecular weight excluding hydrogens is 236 g/mol. The summed E-state index contributed by atoms with van der Waals surface area (Å²) in [6.07, 6.45) is 1.45. The molecule has 0 aliphatic heterocycles. The number of nitrogens with two attached hydrogens (primary N) is 1. The molecule has 0 unspecified atom stereocenters. The van der Waals surface area contributed by atoms with Crippen molar-refractivity contribution in [2.75, 3.05) is 0 Å². The van der Waals surface area contributed by atoms with Crippen molar-refractivity contribution in [1.82, 2.24) is 14.1 Å². The Morgan fingerprint density at radius 2 is 2.12 bits per heavy atom. The number of hydrogen-bond acceptors (Lipinski definition) is 5. The molecule has 0 spiro atoms. The van der Waals surface area contributed by atoms with E-state index in [4.69, 9.17) is 5.73 Å². The van der Waals surface area contributed by atoms with E-state index in [-0.39, 0.29) is 5.91 Å². The number of carbonyl (C=O) groups excluding carboxylic acids is 1. The first-order valence-electron chi connectivity index (χ1n) is 5.14. The van der Waals surface area contributed by atoms with E-state index in [0.717, 1.165) is 22.9 Å². The van der Waals surface area contributed by atoms with Gasteiger partial charge in [-0.3, -0.25) is 4.79 Å². The molecule has 17 heavy (non-hydrogen) atoms. The molecule has 6 heteroatoms. The first-order valence-corrected chi connectivity index (χ1v) is 5.87. The smallest absolute Gasteiger partial charge is 0.272 e. The highest BCUT2D eigenvalue weighted by Crippen LogP contribution is 2.07. The second-order valence-electron chi connectivity index (χ2n) is 3.45. The fourth-order valence-electron chi connectivity index (χ4n) is 1.46. The first kappa shape index (κ1) is 11.7. The molecule has 0 bridgehead atoms. The van der Waals surface area contributed by atoms with Crippen LogP contribution in [0.3, 0.4) is 0 Å². The Balaban J connectivity index is 2.00. The van der Waals surface area contributed by atoms with Gasteiger partial charge in [-0.25, -0.2) is 0 Å². The van der Waals surface area contributed by atoms with E-state index in [1.165, 1.54) is 6.20 Å². The predicted octanol–water partition coefficient (Wildman–Crippen LogP) is 0.927. The number of hydrogen-bond donors (Lipinski definition) is 2. The van der Waals surface area contributed by atoms with Gasteiger partial charge in [-0.1, -0.05) is 24.3 Å². The minimum Gasteiger partial charge on any atom is -0.347 e. The molecule has 2 rings (SSSR count). The third-order valence-corrected chi connectivity index (χ3v) is 2.85. The van der Waals surface area contributed by atoms with Crippen molar-refractivity contribution in [1.29, 1.82) is 0 Å². The molecule has 3 N–H and O–H groups in total. The number of nitrogens with zero attached hydrogens (tertiary/aromatic N) is 2. The van der Waals surface area contributed by atoms with Crippen LogP contribution in [0.15, 0.2) is 30.5 Å². The summed E-state index contributed by atoms with van der Waals surface area (Å²) < 4.78 is 7.65. The molecule has 0 fully saturated rings. The molecule has 1 aromatic carbocycles. The Hall–Kier alpha value is -1.79. The minimum atomic E-state index is -0.217. The molecule has 0 radical (unpaired) electrons. The van der Waals surface area contributed by atoms with Gasteiger partial charge in [0.05, 0.1) is 17.9 Å². The van der Waals surface area contributed by atoms with Crippen LogP contribution in [0.1, 0.15) is 21.6 Å². The average Bonchev–Trinajstić information content (AvgIpc) is 2.90. The maximum atomic E-state index is 11.6. The Bertz CT molecular complexity index is 498. The lowest BCUT2D eigenvalue weighted by Crippen LogP contribution is -2.23. The summed E-state index contributed by atoms with van der Waals surface area (Å²) in [5.41, 5.74) is 8.02. The molecule has 0 atom stereocenters. The maximum absolute atomic E-state index is 11.6. The fourth-order valence-corrected chi connectivity index (χ4v) is 1.87. The molecule has 5 nitrogen and oxygen atoms in total. The Morgan fingerprint density at radius 3 is 2.76 bits per heavy atom. The van der Waals surface area contributed by atoms with Crippen molar-refractivity contribution in [2.24, 2.45) is 5.73 Å². The molecule has 1 amide bonds. The molecule has 0 aliphatic carbocycles. The van der Waals surface area contributed by atoms with Crippen molar-refractivity contribution in [3.63, 3.8) is 0 Å². The number of aromatic nitrogens is 2. The molecule has 0 saturated heterocycles. The molecule has 88 valence electrons. The highest BCUT2D eigenvalue weighted by Gasteiger charge is 2.08. The van der Waals surface area contributed by atoms with E-state index in [9.17, 15) is 4.79 Å². The lowest BCUT2D eigenvalue weighted by atomic mass is 10.1. The molecule has 1 heterocycles. The fraction of sp³-hybridized carbons (Fsp3) is 0.182. The van der Waals surface area contributed by atoms with Gasteiger partial charge in [-0.05, 0) is 11.1 Å². The standard InChI is InChI=1S/C11H12N4OS/c12-5-8-3-1-2-4-9(8)6-13-11(16)10-7-14-17-15-10/h1-4,7H,5-6,12H2,(H,13,16). The van der Waals surface area contributed by atoms with Gasteiger partial charge < -0.3 is 11.1 Å². The largest absolute Gasteiger partial charge is 0.347 e. The molecular formula is C11H12N4OS. The Morgan fingerprint density at radius 1 is 1.35 bits per heavy atom. The lowest BCUT2D eigenvalue weighted by molar-refractivity contribution is 0.0947. The zero-order valence-corrected chi connectivity index (χ0v) is 9.91. The van der Waals surface area contributed by atoms with E-state index >= 15 is 0 Å². The van der Waals surface area contributed by atoms with Crippen LogP contribution in [0.4, 0.5) is 0 Å². The maximum Gasteiger partial charge on any atom is 0.272 e. The van der Waals surface area contributed by atoms with Crippen LogP contribution in [0, 0.1) is 0 Å². The number of amides is 1. The number of benzene rings is 1. The minimum absolute atomic E-state index is 0.217. The summed E-state index contributed by atoms with van der Waals surface area (Å²) in [4.78, 5) is 11.6. The summed E-state index contributed by atoms with van der Waals surface area (Å²) >= 11 is 1.02. The van der Waals surface area contributed by atoms with Gasteiger partial charge in [0.15, 0.2) is 5.69 Å². The molecule has 0 aliphatic rings. The van der Waals surface area contributed by atoms with Gasteiger partial charge >= 0.3 is 0 Å². The van der Waals surface area contributed by atoms with Gasteiger partial charge in [0.25, 0.3) is 5.91 Å². The molecule has 1 aromatic heterocycles. The van der Waals surface area contributed by atoms with E-state index in [1.807, 2.05) is 24.3 Å². The van der Waals surface area contributed by atoms with Crippen LogP contribution < -0.4 is 11.1 Å². The van der Waals surface area contributed by atoms with E-state index in [0.29, 0.717) is 18.8 Å². The first-order chi connectivity index (χ1) is 8.31. The summed E-state index contributed by atoms with van der Waals surface area (Å²) in [6.45, 7) is 0.911. The summed E-state index contributed by atoms with van der Waals surface area (Å²) in [5.74, 6) is -0.217. The monoisotopic (exact) mass is 248 g/mol. The Labute approximate surface area is 103 Å². The summed E-state index contributed by atoms with van der Waals surface area (Å²) in [6, 6.07) is 7.75. The quantitative estimate of drug-likeness (QED) is 0.843. The second-order valence-corrected chi connectivity index (χ2v) is 4.00. The topological polar surface area (TPSA) is 80.9 Å². The Kier molecular flexibility index (Phi) is 3.79. The van der Waals surface area contributed by atoms with Crippen molar-refractivity contribution in [2.45, 2.75) is 13.1 Å². The van der Waals surface area contributed by atoms with Crippen LogP contribution >= 0.6 is 11.7 Å². The van der Waals surface area contributed by atoms with Crippen LogP contribution in [0.2, 0.25) is 0 Å². The predicted molar refractivity (Wildman–Crippen MR) is 65.4 cm³/mol. The van der Waals surface area contributed by atoms with Crippen LogP contribution in [-0.4, -0.2) is 14.7 Å². The molecule has 0 saturated carbocycles. The SMILES string of the molecule is NCc1ccccc1CNC(=O)c1cnsn1. The van der Waals surface area contributed by atoms with Crippen LogP contribution in [0.5, 0.6) is 0 Å². The average molecular weight is 248 g/mol.